The molecule has 108 valence electrons. The number of nitrogens with zero attached hydrogens (tertiary/aromatic N) is 1. The third kappa shape index (κ3) is 3.08. The quantitative estimate of drug-likeness (QED) is 0.811. The maximum Gasteiger partial charge on any atom is 0.243 e. The largest absolute Gasteiger partial charge is 0.382 e. The zero-order valence-corrected chi connectivity index (χ0v) is 11.9. The van der Waals surface area contributed by atoms with Crippen LogP contribution in [0.15, 0.2) is 0 Å². The molecule has 0 aromatic rings. The predicted molar refractivity (Wildman–Crippen MR) is 71.6 cm³/mol. The van der Waals surface area contributed by atoms with Crippen LogP contribution in [0.2, 0.25) is 0 Å². The Balaban J connectivity index is 1.97. The number of methoxy groups -OCH3 is 1. The van der Waals surface area contributed by atoms with E-state index >= 15 is 0 Å². The van der Waals surface area contributed by atoms with Gasteiger partial charge in [0.15, 0.2) is 0 Å². The van der Waals surface area contributed by atoms with Gasteiger partial charge in [-0.15, -0.1) is 0 Å². The summed E-state index contributed by atoms with van der Waals surface area (Å²) in [7, 11) is 1.67. The van der Waals surface area contributed by atoms with Crippen molar-refractivity contribution < 1.29 is 14.3 Å². The monoisotopic (exact) mass is 268 g/mol. The summed E-state index contributed by atoms with van der Waals surface area (Å²) in [6, 6.07) is -0.371. The first-order valence-electron chi connectivity index (χ1n) is 7.18. The van der Waals surface area contributed by atoms with Crippen molar-refractivity contribution >= 4 is 11.8 Å². The molecule has 19 heavy (non-hydrogen) atoms. The van der Waals surface area contributed by atoms with Crippen molar-refractivity contribution in [1.29, 1.82) is 0 Å². The molecule has 0 aromatic heterocycles. The summed E-state index contributed by atoms with van der Waals surface area (Å²) in [5, 5.41) is 3.13. The minimum absolute atomic E-state index is 0.0470. The number of ether oxygens (including phenoxy) is 1. The number of nitrogens with one attached hydrogen (secondary N) is 1. The van der Waals surface area contributed by atoms with E-state index in [2.05, 4.69) is 5.32 Å². The van der Waals surface area contributed by atoms with Gasteiger partial charge >= 0.3 is 0 Å². The van der Waals surface area contributed by atoms with Gasteiger partial charge in [0.1, 0.15) is 6.04 Å². The molecule has 1 saturated carbocycles. The van der Waals surface area contributed by atoms with Gasteiger partial charge in [0.2, 0.25) is 11.8 Å². The number of hydrogen-bond acceptors (Lipinski definition) is 3. The van der Waals surface area contributed by atoms with Crippen LogP contribution in [0.3, 0.4) is 0 Å². The molecule has 1 aliphatic heterocycles. The molecule has 0 radical (unpaired) electrons. The average molecular weight is 268 g/mol. The average Bonchev–Trinajstić information content (AvgIpc) is 2.98. The lowest BCUT2D eigenvalue weighted by atomic mass is 9.98. The van der Waals surface area contributed by atoms with Gasteiger partial charge < -0.3 is 15.0 Å². The second kappa shape index (κ2) is 5.90. The van der Waals surface area contributed by atoms with Gasteiger partial charge in [0, 0.05) is 20.1 Å². The van der Waals surface area contributed by atoms with Crippen molar-refractivity contribution in [2.75, 3.05) is 20.3 Å². The fourth-order valence-corrected chi connectivity index (χ4v) is 3.22. The molecule has 1 atom stereocenters. The lowest BCUT2D eigenvalue weighted by Gasteiger charge is -2.33. The van der Waals surface area contributed by atoms with E-state index in [0.29, 0.717) is 19.6 Å². The molecule has 0 bridgehead atoms. The molecule has 1 aliphatic carbocycles. The van der Waals surface area contributed by atoms with Gasteiger partial charge in [-0.05, 0) is 26.2 Å². The van der Waals surface area contributed by atoms with Crippen molar-refractivity contribution in [3.63, 3.8) is 0 Å². The maximum atomic E-state index is 12.4. The maximum absolute atomic E-state index is 12.4. The first-order chi connectivity index (χ1) is 9.08. The highest BCUT2D eigenvalue weighted by atomic mass is 16.5. The summed E-state index contributed by atoms with van der Waals surface area (Å²) in [6.45, 7) is 3.07. The van der Waals surface area contributed by atoms with Crippen LogP contribution in [0, 0.1) is 0 Å². The molecular weight excluding hydrogens is 244 g/mol. The number of hydrogen-bond donors (Lipinski definition) is 1. The van der Waals surface area contributed by atoms with Crippen molar-refractivity contribution in [3.05, 3.63) is 0 Å². The number of carbonyl (C=O) groups excluding carboxylic acids is 2. The zero-order valence-electron chi connectivity index (χ0n) is 11.9. The van der Waals surface area contributed by atoms with Crippen LogP contribution in [0.25, 0.3) is 0 Å². The van der Waals surface area contributed by atoms with Crippen LogP contribution in [-0.2, 0) is 14.3 Å². The number of likely N-dealkylation sites (tertiary alicyclic amines) is 1. The predicted octanol–water partition coefficient (Wildman–Crippen LogP) is 1.07. The van der Waals surface area contributed by atoms with E-state index in [-0.39, 0.29) is 23.4 Å². The van der Waals surface area contributed by atoms with Crippen LogP contribution in [0.5, 0.6) is 0 Å². The molecule has 0 spiro atoms. The summed E-state index contributed by atoms with van der Waals surface area (Å²) in [6.07, 6.45) is 5.61. The Morgan fingerprint density at radius 3 is 2.63 bits per heavy atom. The van der Waals surface area contributed by atoms with Crippen LogP contribution in [0.1, 0.15) is 45.4 Å². The number of carbonyl (C=O) groups is 2. The first kappa shape index (κ1) is 14.3. The van der Waals surface area contributed by atoms with Gasteiger partial charge in [0.25, 0.3) is 0 Å². The van der Waals surface area contributed by atoms with E-state index in [1.165, 1.54) is 0 Å². The van der Waals surface area contributed by atoms with Crippen LogP contribution in [0.4, 0.5) is 0 Å². The molecule has 5 heteroatoms. The summed E-state index contributed by atoms with van der Waals surface area (Å²) >= 11 is 0. The highest BCUT2D eigenvalue weighted by Gasteiger charge is 2.38. The zero-order chi connectivity index (χ0) is 13.9. The fraction of sp³-hybridized carbons (Fsp3) is 0.857. The van der Waals surface area contributed by atoms with Gasteiger partial charge in [-0.1, -0.05) is 12.8 Å². The van der Waals surface area contributed by atoms with Crippen molar-refractivity contribution in [2.24, 2.45) is 0 Å². The van der Waals surface area contributed by atoms with E-state index < -0.39 is 0 Å². The molecule has 2 aliphatic rings. The lowest BCUT2D eigenvalue weighted by Crippen LogP contribution is -2.55. The Morgan fingerprint density at radius 2 is 2.11 bits per heavy atom. The molecule has 2 amide bonds. The first-order valence-corrected chi connectivity index (χ1v) is 7.18. The Morgan fingerprint density at radius 1 is 1.42 bits per heavy atom. The molecule has 0 aromatic carbocycles. The summed E-state index contributed by atoms with van der Waals surface area (Å²) in [5.74, 6) is 0.0454. The normalized spacial score (nSPS) is 23.7. The fourth-order valence-electron chi connectivity index (χ4n) is 3.22. The molecule has 2 fully saturated rings. The van der Waals surface area contributed by atoms with E-state index in [1.807, 2.05) is 6.92 Å². The lowest BCUT2D eigenvalue weighted by molar-refractivity contribution is -0.138. The Kier molecular flexibility index (Phi) is 4.45. The molecule has 1 saturated heterocycles. The summed E-state index contributed by atoms with van der Waals surface area (Å²) in [4.78, 5) is 25.7. The Labute approximate surface area is 114 Å². The van der Waals surface area contributed by atoms with E-state index in [1.54, 1.807) is 12.0 Å². The number of rotatable bonds is 5. The molecule has 0 unspecified atom stereocenters. The highest BCUT2D eigenvalue weighted by molar-refractivity contribution is 5.88. The van der Waals surface area contributed by atoms with Gasteiger partial charge in [-0.3, -0.25) is 9.59 Å². The molecule has 5 nitrogen and oxygen atoms in total. The summed E-state index contributed by atoms with van der Waals surface area (Å²) < 4.78 is 5.26. The SMILES string of the molecule is COCC1(NC(=O)[C@@H](C)N2CCCC2=O)CCCC1. The van der Waals surface area contributed by atoms with Gasteiger partial charge in [-0.2, -0.15) is 0 Å². The van der Waals surface area contributed by atoms with Crippen LogP contribution >= 0.6 is 0 Å². The van der Waals surface area contributed by atoms with E-state index in [9.17, 15) is 9.59 Å². The Hall–Kier alpha value is -1.10. The molecular formula is C14H24N2O3. The topological polar surface area (TPSA) is 58.6 Å². The van der Waals surface area contributed by atoms with Crippen LogP contribution in [-0.4, -0.2) is 48.6 Å². The highest BCUT2D eigenvalue weighted by Crippen LogP contribution is 2.30. The third-order valence-electron chi connectivity index (χ3n) is 4.33. The minimum atomic E-state index is -0.371. The third-order valence-corrected chi connectivity index (χ3v) is 4.33. The minimum Gasteiger partial charge on any atom is -0.382 e. The van der Waals surface area contributed by atoms with Crippen molar-refractivity contribution in [1.82, 2.24) is 10.2 Å². The molecule has 2 rings (SSSR count). The Bertz CT molecular complexity index is 351. The molecule has 1 heterocycles. The second-order valence-corrected chi connectivity index (χ2v) is 5.78. The van der Waals surface area contributed by atoms with E-state index in [4.69, 9.17) is 4.74 Å². The van der Waals surface area contributed by atoms with E-state index in [0.717, 1.165) is 32.1 Å². The second-order valence-electron chi connectivity index (χ2n) is 5.78. The van der Waals surface area contributed by atoms with Crippen molar-refractivity contribution in [3.8, 4) is 0 Å². The molecule has 1 N–H and O–H groups in total. The van der Waals surface area contributed by atoms with Crippen molar-refractivity contribution in [2.45, 2.75) is 57.0 Å². The standard InChI is InChI=1S/C14H24N2O3/c1-11(16-9-5-6-12(16)17)13(18)15-14(10-19-2)7-3-4-8-14/h11H,3-10H2,1-2H3,(H,15,18)/t11-/m1/s1. The smallest absolute Gasteiger partial charge is 0.243 e. The number of amides is 2. The van der Waals surface area contributed by atoms with Crippen LogP contribution < -0.4 is 5.32 Å². The van der Waals surface area contributed by atoms with Gasteiger partial charge in [-0.25, -0.2) is 0 Å². The van der Waals surface area contributed by atoms with Gasteiger partial charge in [0.05, 0.1) is 12.1 Å². The summed E-state index contributed by atoms with van der Waals surface area (Å²) in [5.41, 5.74) is -0.219.